The Hall–Kier alpha value is -4.92. The number of fused-ring (bicyclic) bond motifs is 1. The molecule has 0 saturated heterocycles. The van der Waals surface area contributed by atoms with E-state index in [-0.39, 0.29) is 34.2 Å². The second-order valence-electron chi connectivity index (χ2n) is 7.43. The molecule has 2 aromatic heterocycles. The van der Waals surface area contributed by atoms with Crippen LogP contribution in [0.25, 0.3) is 11.0 Å². The smallest absolute Gasteiger partial charge is 0.387 e. The molecule has 0 saturated carbocycles. The van der Waals surface area contributed by atoms with Crippen molar-refractivity contribution in [1.82, 2.24) is 14.5 Å². The van der Waals surface area contributed by atoms with Gasteiger partial charge in [-0.2, -0.15) is 14.0 Å². The summed E-state index contributed by atoms with van der Waals surface area (Å²) in [5, 5.41) is 14.7. The van der Waals surface area contributed by atoms with Crippen molar-refractivity contribution in [2.24, 2.45) is 7.05 Å². The van der Waals surface area contributed by atoms with Crippen molar-refractivity contribution in [3.05, 3.63) is 59.9 Å². The molecule has 12 heteroatoms. The molecule has 4 rings (SSSR count). The van der Waals surface area contributed by atoms with Gasteiger partial charge in [0.1, 0.15) is 22.8 Å². The van der Waals surface area contributed by atoms with Crippen molar-refractivity contribution in [3.8, 4) is 23.3 Å². The van der Waals surface area contributed by atoms with Gasteiger partial charge in [0.2, 0.25) is 0 Å². The summed E-state index contributed by atoms with van der Waals surface area (Å²) in [6, 6.07) is 12.3. The number of aromatic nitrogens is 3. The lowest BCUT2D eigenvalue weighted by Crippen LogP contribution is -2.15. The van der Waals surface area contributed by atoms with E-state index in [1.807, 2.05) is 6.07 Å². The Morgan fingerprint density at radius 2 is 1.92 bits per heavy atom. The molecule has 184 valence electrons. The van der Waals surface area contributed by atoms with E-state index in [2.05, 4.69) is 25.3 Å². The van der Waals surface area contributed by atoms with Gasteiger partial charge in [-0.05, 0) is 24.3 Å². The topological polar surface area (TPSA) is 123 Å². The van der Waals surface area contributed by atoms with Crippen LogP contribution in [0.1, 0.15) is 15.9 Å². The second-order valence-corrected chi connectivity index (χ2v) is 7.43. The molecule has 0 radical (unpaired) electrons. The fraction of sp³-hybridized carbons (Fsp3) is 0.167. The highest BCUT2D eigenvalue weighted by atomic mass is 19.3. The van der Waals surface area contributed by atoms with Gasteiger partial charge < -0.3 is 29.4 Å². The number of benzene rings is 2. The number of carbonyl (C=O) groups excluding carboxylic acids is 1. The van der Waals surface area contributed by atoms with Crippen molar-refractivity contribution < 1.29 is 27.8 Å². The number of hydrogen-bond acceptors (Lipinski definition) is 8. The van der Waals surface area contributed by atoms with Gasteiger partial charge in [-0.1, -0.05) is 0 Å². The van der Waals surface area contributed by atoms with E-state index in [0.717, 1.165) is 0 Å². The number of alkyl halides is 2. The Bertz CT molecular complexity index is 1480. The number of nitriles is 1. The molecule has 0 unspecified atom stereocenters. The summed E-state index contributed by atoms with van der Waals surface area (Å²) in [5.41, 5.74) is 1.55. The lowest BCUT2D eigenvalue weighted by atomic mass is 10.1. The maximum Gasteiger partial charge on any atom is 0.387 e. The Morgan fingerprint density at radius 3 is 2.61 bits per heavy atom. The number of methoxy groups -OCH3 is 2. The summed E-state index contributed by atoms with van der Waals surface area (Å²) in [6.07, 6.45) is 1.55. The zero-order valence-corrected chi connectivity index (χ0v) is 19.4. The molecule has 1 amide bonds. The number of halogens is 2. The average molecular weight is 494 g/mol. The van der Waals surface area contributed by atoms with E-state index in [1.165, 1.54) is 32.4 Å². The van der Waals surface area contributed by atoms with Crippen molar-refractivity contribution in [3.63, 3.8) is 0 Å². The van der Waals surface area contributed by atoms with Crippen molar-refractivity contribution in [2.45, 2.75) is 6.61 Å². The number of anilines is 3. The minimum Gasteiger partial charge on any atom is -0.497 e. The summed E-state index contributed by atoms with van der Waals surface area (Å²) in [4.78, 5) is 21.8. The standard InChI is InChI=1S/C24H20F2N6O4/c1-32-12-28-21-17(32)10-20(29-16-7-4-13(11-27)8-19(16)36-24(25)26)30-22(21)31-23(33)15-6-5-14(34-2)9-18(15)35-3/h4-10,12,24H,1-3H3,(H2,29,30,31,33). The first-order valence-corrected chi connectivity index (χ1v) is 10.4. The number of imidazole rings is 1. The van der Waals surface area contributed by atoms with Gasteiger partial charge in [0, 0.05) is 25.2 Å². The van der Waals surface area contributed by atoms with Gasteiger partial charge >= 0.3 is 6.61 Å². The van der Waals surface area contributed by atoms with Crippen molar-refractivity contribution in [1.29, 1.82) is 5.26 Å². The normalized spacial score (nSPS) is 10.7. The van der Waals surface area contributed by atoms with E-state index in [9.17, 15) is 13.6 Å². The number of carbonyl (C=O) groups is 1. The molecule has 2 aromatic carbocycles. The number of nitrogens with one attached hydrogen (secondary N) is 2. The molecule has 0 aliphatic rings. The zero-order chi connectivity index (χ0) is 25.8. The first-order valence-electron chi connectivity index (χ1n) is 10.4. The first-order chi connectivity index (χ1) is 17.3. The molecule has 0 aliphatic heterocycles. The quantitative estimate of drug-likeness (QED) is 0.368. The first kappa shape index (κ1) is 24.2. The van der Waals surface area contributed by atoms with Gasteiger partial charge in [0.15, 0.2) is 11.6 Å². The van der Waals surface area contributed by atoms with E-state index >= 15 is 0 Å². The molecule has 10 nitrogen and oxygen atoms in total. The number of hydrogen-bond donors (Lipinski definition) is 2. The molecule has 36 heavy (non-hydrogen) atoms. The predicted octanol–water partition coefficient (Wildman–Crippen LogP) is 4.45. The van der Waals surface area contributed by atoms with E-state index in [4.69, 9.17) is 14.7 Å². The fourth-order valence-electron chi connectivity index (χ4n) is 3.47. The average Bonchev–Trinajstić information content (AvgIpc) is 3.25. The van der Waals surface area contributed by atoms with Crippen LogP contribution in [-0.2, 0) is 7.05 Å². The summed E-state index contributed by atoms with van der Waals surface area (Å²) >= 11 is 0. The summed E-state index contributed by atoms with van der Waals surface area (Å²) < 4.78 is 42.7. The monoisotopic (exact) mass is 494 g/mol. The Morgan fingerprint density at radius 1 is 1.11 bits per heavy atom. The van der Waals surface area contributed by atoms with Crippen LogP contribution in [-0.4, -0.2) is 41.3 Å². The molecule has 2 heterocycles. The third-order valence-corrected chi connectivity index (χ3v) is 5.19. The number of rotatable bonds is 8. The van der Waals surface area contributed by atoms with Crippen LogP contribution in [0.15, 0.2) is 48.8 Å². The molecular formula is C24H20F2N6O4. The lowest BCUT2D eigenvalue weighted by molar-refractivity contribution is -0.0493. The van der Waals surface area contributed by atoms with Crippen LogP contribution in [0.4, 0.5) is 26.1 Å². The minimum atomic E-state index is -3.10. The zero-order valence-electron chi connectivity index (χ0n) is 19.4. The molecule has 4 aromatic rings. The lowest BCUT2D eigenvalue weighted by Gasteiger charge is -2.15. The summed E-state index contributed by atoms with van der Waals surface area (Å²) in [6.45, 7) is -3.10. The van der Waals surface area contributed by atoms with E-state index in [0.29, 0.717) is 22.5 Å². The van der Waals surface area contributed by atoms with Crippen LogP contribution in [0.2, 0.25) is 0 Å². The Labute approximate surface area is 204 Å². The molecule has 0 fully saturated rings. The summed E-state index contributed by atoms with van der Waals surface area (Å²) in [7, 11) is 4.69. The van der Waals surface area contributed by atoms with Gasteiger partial charge in [0.05, 0.1) is 48.9 Å². The second kappa shape index (κ2) is 10.1. The predicted molar refractivity (Wildman–Crippen MR) is 127 cm³/mol. The molecule has 0 spiro atoms. The molecule has 0 atom stereocenters. The molecular weight excluding hydrogens is 474 g/mol. The van der Waals surface area contributed by atoms with Crippen molar-refractivity contribution >= 4 is 34.3 Å². The van der Waals surface area contributed by atoms with Gasteiger partial charge in [-0.25, -0.2) is 9.97 Å². The van der Waals surface area contributed by atoms with E-state index < -0.39 is 12.5 Å². The molecule has 0 bridgehead atoms. The van der Waals surface area contributed by atoms with Crippen LogP contribution in [0.5, 0.6) is 17.2 Å². The van der Waals surface area contributed by atoms with Crippen LogP contribution < -0.4 is 24.8 Å². The maximum absolute atomic E-state index is 13.1. The highest BCUT2D eigenvalue weighted by molar-refractivity contribution is 6.09. The number of pyridine rings is 1. The van der Waals surface area contributed by atoms with Gasteiger partial charge in [0.25, 0.3) is 5.91 Å². The Kier molecular flexibility index (Phi) is 6.82. The molecule has 0 aliphatic carbocycles. The minimum absolute atomic E-state index is 0.128. The van der Waals surface area contributed by atoms with Gasteiger partial charge in [-0.3, -0.25) is 4.79 Å². The Balaban J connectivity index is 1.72. The number of ether oxygens (including phenoxy) is 3. The largest absolute Gasteiger partial charge is 0.497 e. The van der Waals surface area contributed by atoms with Crippen LogP contribution >= 0.6 is 0 Å². The third-order valence-electron chi connectivity index (χ3n) is 5.19. The summed E-state index contributed by atoms with van der Waals surface area (Å²) in [5.74, 6) is 0.417. The van der Waals surface area contributed by atoms with Crippen LogP contribution in [0.3, 0.4) is 0 Å². The SMILES string of the molecule is COc1ccc(C(=O)Nc2nc(Nc3ccc(C#N)cc3OC(F)F)cc3c2ncn3C)c(OC)c1. The third kappa shape index (κ3) is 4.95. The number of nitrogens with zero attached hydrogens (tertiary/aromatic N) is 4. The molecule has 2 N–H and O–H groups in total. The van der Waals surface area contributed by atoms with E-state index in [1.54, 1.807) is 42.2 Å². The number of amides is 1. The highest BCUT2D eigenvalue weighted by Crippen LogP contribution is 2.32. The van der Waals surface area contributed by atoms with Gasteiger partial charge in [-0.15, -0.1) is 0 Å². The van der Waals surface area contributed by atoms with Crippen molar-refractivity contribution in [2.75, 3.05) is 24.9 Å². The number of aryl methyl sites for hydroxylation is 1. The fourth-order valence-corrected chi connectivity index (χ4v) is 3.47. The maximum atomic E-state index is 13.1. The van der Waals surface area contributed by atoms with Crippen LogP contribution in [0, 0.1) is 11.3 Å². The highest BCUT2D eigenvalue weighted by Gasteiger charge is 2.19.